The lowest BCUT2D eigenvalue weighted by Crippen LogP contribution is -2.49. The summed E-state index contributed by atoms with van der Waals surface area (Å²) in [4.78, 5) is 16.6. The number of carbonyl (C=O) groups is 1. The van der Waals surface area contributed by atoms with Crippen LogP contribution >= 0.6 is 24.4 Å². The molecular formula is C15H26N4O2S3. The summed E-state index contributed by atoms with van der Waals surface area (Å²) in [5.41, 5.74) is 2.73. The van der Waals surface area contributed by atoms with Crippen molar-refractivity contribution in [3.8, 4) is 0 Å². The second kappa shape index (κ2) is 8.07. The van der Waals surface area contributed by atoms with Gasteiger partial charge in [0.2, 0.25) is 0 Å². The van der Waals surface area contributed by atoms with Crippen molar-refractivity contribution in [1.82, 2.24) is 20.3 Å². The van der Waals surface area contributed by atoms with Crippen molar-refractivity contribution >= 4 is 55.4 Å². The average molecular weight is 391 g/mol. The lowest BCUT2D eigenvalue weighted by Gasteiger charge is -2.26. The van der Waals surface area contributed by atoms with E-state index in [1.807, 2.05) is 13.8 Å². The summed E-state index contributed by atoms with van der Waals surface area (Å²) >= 11 is 10.8. The largest absolute Gasteiger partial charge is 0.291 e. The minimum atomic E-state index is -2.70. The molecule has 0 saturated heterocycles. The molecule has 0 radical (unpaired) electrons. The number of hydrazine groups is 2. The number of amides is 1. The van der Waals surface area contributed by atoms with Gasteiger partial charge in [0.25, 0.3) is 5.91 Å². The standard InChI is InChI=1S/C15H26N4O2S3/c1-4-18(14(22)11-6-7-11)16-13(20)10-24(3,21)17-19(5-2)15(23)12-8-9-12/h10-12H,4-9H2,1-3H3,(H,16,20)(H,17,21). The molecule has 2 fully saturated rings. The topological polar surface area (TPSA) is 64.7 Å². The maximum Gasteiger partial charge on any atom is 0.271 e. The van der Waals surface area contributed by atoms with E-state index in [-0.39, 0.29) is 0 Å². The molecule has 0 bridgehead atoms. The monoisotopic (exact) mass is 390 g/mol. The number of thiocarbonyl (C=S) groups is 2. The fourth-order valence-corrected chi connectivity index (χ4v) is 4.32. The van der Waals surface area contributed by atoms with Crippen molar-refractivity contribution in [2.75, 3.05) is 19.3 Å². The number of nitrogens with zero attached hydrogens (tertiary/aromatic N) is 2. The Balaban J connectivity index is 1.97. The molecule has 0 spiro atoms. The van der Waals surface area contributed by atoms with Crippen molar-refractivity contribution in [2.45, 2.75) is 39.5 Å². The van der Waals surface area contributed by atoms with Crippen molar-refractivity contribution in [3.63, 3.8) is 0 Å². The SMILES string of the molecule is CCN(NC(=O)C=S(C)(=O)NN(CC)C(=S)C1CC1)C(=S)C1CC1. The first-order valence-corrected chi connectivity index (χ1v) is 11.2. The molecule has 2 N–H and O–H groups in total. The zero-order valence-corrected chi connectivity index (χ0v) is 16.9. The van der Waals surface area contributed by atoms with E-state index in [1.54, 1.807) is 10.0 Å². The molecule has 2 aliphatic rings. The second-order valence-electron chi connectivity index (χ2n) is 6.30. The van der Waals surface area contributed by atoms with E-state index in [1.165, 1.54) is 11.6 Å². The summed E-state index contributed by atoms with van der Waals surface area (Å²) in [6.07, 6.45) is 5.81. The first-order valence-electron chi connectivity index (χ1n) is 8.32. The van der Waals surface area contributed by atoms with Crippen LogP contribution in [-0.4, -0.2) is 54.8 Å². The highest BCUT2D eigenvalue weighted by Crippen LogP contribution is 2.32. The van der Waals surface area contributed by atoms with Gasteiger partial charge in [-0.1, -0.05) is 24.4 Å². The second-order valence-corrected chi connectivity index (χ2v) is 9.37. The summed E-state index contributed by atoms with van der Waals surface area (Å²) in [6, 6.07) is 0. The van der Waals surface area contributed by atoms with Gasteiger partial charge in [-0.05, 0) is 39.5 Å². The molecule has 0 heterocycles. The Hall–Kier alpha value is -0.770. The Kier molecular flexibility index (Phi) is 6.58. The average Bonchev–Trinajstić information content (AvgIpc) is 3.40. The van der Waals surface area contributed by atoms with Gasteiger partial charge in [0, 0.05) is 31.2 Å². The first-order chi connectivity index (χ1) is 11.3. The Labute approximate surface area is 155 Å². The minimum absolute atomic E-state index is 0.385. The fraction of sp³-hybridized carbons (Fsp3) is 0.733. The Morgan fingerprint density at radius 2 is 1.54 bits per heavy atom. The quantitative estimate of drug-likeness (QED) is 0.504. The molecule has 0 aromatic rings. The van der Waals surface area contributed by atoms with E-state index in [2.05, 4.69) is 10.3 Å². The number of rotatable bonds is 7. The lowest BCUT2D eigenvalue weighted by atomic mass is 10.4. The molecule has 0 aliphatic heterocycles. The summed E-state index contributed by atoms with van der Waals surface area (Å²) < 4.78 is 12.7. The molecule has 1 amide bonds. The van der Waals surface area contributed by atoms with Crippen molar-refractivity contribution in [3.05, 3.63) is 0 Å². The predicted molar refractivity (Wildman–Crippen MR) is 107 cm³/mol. The third kappa shape index (κ3) is 5.65. The molecule has 0 aromatic heterocycles. The molecule has 0 aromatic carbocycles. The number of carbonyl (C=O) groups excluding carboxylic acids is 1. The predicted octanol–water partition coefficient (Wildman–Crippen LogP) is 1.27. The van der Waals surface area contributed by atoms with Crippen LogP contribution in [0.2, 0.25) is 0 Å². The number of hydrogen-bond donors (Lipinski definition) is 2. The molecule has 9 heteroatoms. The van der Waals surface area contributed by atoms with Crippen LogP contribution in [0.15, 0.2) is 0 Å². The maximum absolute atomic E-state index is 12.7. The third-order valence-corrected chi connectivity index (χ3v) is 6.24. The van der Waals surface area contributed by atoms with E-state index in [4.69, 9.17) is 24.4 Å². The molecule has 1 unspecified atom stereocenters. The fourth-order valence-electron chi connectivity index (χ4n) is 2.27. The van der Waals surface area contributed by atoms with Crippen molar-refractivity contribution in [1.29, 1.82) is 0 Å². The zero-order valence-electron chi connectivity index (χ0n) is 14.4. The van der Waals surface area contributed by atoms with Gasteiger partial charge in [-0.2, -0.15) is 4.83 Å². The molecule has 2 aliphatic carbocycles. The van der Waals surface area contributed by atoms with Gasteiger partial charge in [0.05, 0.1) is 20.1 Å². The third-order valence-electron chi connectivity index (χ3n) is 3.89. The lowest BCUT2D eigenvalue weighted by molar-refractivity contribution is -0.117. The van der Waals surface area contributed by atoms with Crippen molar-refractivity contribution in [2.24, 2.45) is 11.8 Å². The van der Waals surface area contributed by atoms with Gasteiger partial charge < -0.3 is 0 Å². The van der Waals surface area contributed by atoms with Crippen LogP contribution in [0.4, 0.5) is 0 Å². The molecular weight excluding hydrogens is 364 g/mol. The molecule has 136 valence electrons. The molecule has 2 rings (SSSR count). The van der Waals surface area contributed by atoms with Gasteiger partial charge in [-0.3, -0.25) is 24.4 Å². The van der Waals surface area contributed by atoms with Gasteiger partial charge >= 0.3 is 0 Å². The van der Waals surface area contributed by atoms with Crippen LogP contribution in [0.3, 0.4) is 0 Å². The molecule has 6 nitrogen and oxygen atoms in total. The van der Waals surface area contributed by atoms with E-state index < -0.39 is 15.6 Å². The molecule has 24 heavy (non-hydrogen) atoms. The number of hydrogen-bond acceptors (Lipinski definition) is 4. The minimum Gasteiger partial charge on any atom is -0.291 e. The highest BCUT2D eigenvalue weighted by Gasteiger charge is 2.31. The van der Waals surface area contributed by atoms with E-state index >= 15 is 0 Å². The number of nitrogens with one attached hydrogen (secondary N) is 2. The Morgan fingerprint density at radius 3 is 1.96 bits per heavy atom. The van der Waals surface area contributed by atoms with Crippen LogP contribution in [0.5, 0.6) is 0 Å². The van der Waals surface area contributed by atoms with Crippen LogP contribution in [0.25, 0.3) is 0 Å². The van der Waals surface area contributed by atoms with Gasteiger partial charge in [0.15, 0.2) is 0 Å². The van der Waals surface area contributed by atoms with Crippen LogP contribution in [0.1, 0.15) is 39.5 Å². The van der Waals surface area contributed by atoms with Gasteiger partial charge in [-0.25, -0.2) is 0 Å². The normalized spacial score (nSPS) is 19.1. The summed E-state index contributed by atoms with van der Waals surface area (Å²) in [7, 11) is -2.70. The zero-order chi connectivity index (χ0) is 17.9. The van der Waals surface area contributed by atoms with Gasteiger partial charge in [0.1, 0.15) is 4.99 Å². The van der Waals surface area contributed by atoms with Crippen molar-refractivity contribution < 1.29 is 9.00 Å². The van der Waals surface area contributed by atoms with E-state index in [0.717, 1.165) is 35.7 Å². The molecule has 2 saturated carbocycles. The Bertz CT molecular complexity index is 635. The molecule has 1 atom stereocenters. The van der Waals surface area contributed by atoms with E-state index in [0.29, 0.717) is 24.9 Å². The smallest absolute Gasteiger partial charge is 0.271 e. The summed E-state index contributed by atoms with van der Waals surface area (Å²) in [5.74, 6) is 0.354. The van der Waals surface area contributed by atoms with Crippen LogP contribution in [0, 0.1) is 11.8 Å². The first kappa shape index (κ1) is 19.6. The summed E-state index contributed by atoms with van der Waals surface area (Å²) in [5, 5.41) is 4.56. The van der Waals surface area contributed by atoms with Gasteiger partial charge in [-0.15, -0.1) is 0 Å². The summed E-state index contributed by atoms with van der Waals surface area (Å²) in [6.45, 7) is 5.04. The highest BCUT2D eigenvalue weighted by molar-refractivity contribution is 7.99. The van der Waals surface area contributed by atoms with E-state index in [9.17, 15) is 9.00 Å². The highest BCUT2D eigenvalue weighted by atomic mass is 32.2. The van der Waals surface area contributed by atoms with Crippen LogP contribution in [-0.2, 0) is 14.5 Å². The Morgan fingerprint density at radius 1 is 1.08 bits per heavy atom. The maximum atomic E-state index is 12.7. The van der Waals surface area contributed by atoms with Crippen LogP contribution < -0.4 is 10.3 Å².